The van der Waals surface area contributed by atoms with Gasteiger partial charge >= 0.3 is 11.8 Å². The van der Waals surface area contributed by atoms with E-state index in [2.05, 4.69) is 10.3 Å². The van der Waals surface area contributed by atoms with Gasteiger partial charge in [-0.15, -0.1) is 0 Å². The number of hydrogen-bond acceptors (Lipinski definition) is 9. The minimum Gasteiger partial charge on any atom is -0.449 e. The molecule has 1 aliphatic heterocycles. The number of rotatable bonds is 8. The van der Waals surface area contributed by atoms with Crippen molar-refractivity contribution in [1.82, 2.24) is 9.55 Å². The van der Waals surface area contributed by atoms with Gasteiger partial charge in [-0.2, -0.15) is 4.98 Å². The summed E-state index contributed by atoms with van der Waals surface area (Å²) >= 11 is 0. The predicted octanol–water partition coefficient (Wildman–Crippen LogP) is 0.831. The molecule has 2 heterocycles. The highest BCUT2D eigenvalue weighted by Gasteiger charge is 2.35. The topological polar surface area (TPSA) is 166 Å². The van der Waals surface area contributed by atoms with Crippen LogP contribution < -0.4 is 11.0 Å². The summed E-state index contributed by atoms with van der Waals surface area (Å²) in [4.78, 5) is 38.1. The van der Waals surface area contributed by atoms with Crippen LogP contribution in [0.3, 0.4) is 0 Å². The zero-order valence-electron chi connectivity index (χ0n) is 16.4. The summed E-state index contributed by atoms with van der Waals surface area (Å²) in [6.45, 7) is -0.410. The molecule has 12 nitrogen and oxygen atoms in total. The van der Waals surface area contributed by atoms with E-state index in [1.165, 1.54) is 29.0 Å². The third-order valence-corrected chi connectivity index (χ3v) is 4.92. The molecule has 166 valence electrons. The maximum absolute atomic E-state index is 12.3. The molecule has 2 aromatic rings. The second kappa shape index (κ2) is 10.1. The van der Waals surface area contributed by atoms with Gasteiger partial charge in [0.2, 0.25) is 0 Å². The number of nitro groups is 1. The predicted molar refractivity (Wildman–Crippen MR) is 106 cm³/mol. The Hall–Kier alpha value is -3.35. The summed E-state index contributed by atoms with van der Waals surface area (Å²) in [5, 5.41) is 31.6. The monoisotopic (exact) mass is 434 g/mol. The van der Waals surface area contributed by atoms with Crippen LogP contribution in [0.25, 0.3) is 0 Å². The van der Waals surface area contributed by atoms with E-state index in [-0.39, 0.29) is 37.2 Å². The SMILES string of the molecule is O=C(Nc1ccn([C@H]2CC(CO)[C@@H](CO)O2)c(=O)n1)OCCc1ccc([N+](=O)[O-])cc1. The molecule has 0 aliphatic carbocycles. The molecular formula is C19H22N4O8. The fourth-order valence-corrected chi connectivity index (χ4v) is 3.23. The molecule has 0 saturated carbocycles. The molecule has 1 fully saturated rings. The van der Waals surface area contributed by atoms with Gasteiger partial charge in [0, 0.05) is 43.7 Å². The molecule has 1 aromatic heterocycles. The van der Waals surface area contributed by atoms with Gasteiger partial charge in [0.05, 0.1) is 24.2 Å². The first-order valence-electron chi connectivity index (χ1n) is 9.54. The molecule has 1 saturated heterocycles. The molecule has 1 unspecified atom stereocenters. The maximum Gasteiger partial charge on any atom is 0.412 e. The van der Waals surface area contributed by atoms with E-state index in [0.717, 1.165) is 5.56 Å². The van der Waals surface area contributed by atoms with Crippen LogP contribution >= 0.6 is 0 Å². The molecule has 0 spiro atoms. The Morgan fingerprint density at radius 1 is 1.29 bits per heavy atom. The Kier molecular flexibility index (Phi) is 7.28. The highest BCUT2D eigenvalue weighted by molar-refractivity contribution is 5.83. The van der Waals surface area contributed by atoms with Crippen molar-refractivity contribution in [3.05, 3.63) is 62.7 Å². The van der Waals surface area contributed by atoms with Crippen LogP contribution in [0, 0.1) is 16.0 Å². The number of aliphatic hydroxyl groups is 2. The van der Waals surface area contributed by atoms with Crippen LogP contribution in [0.15, 0.2) is 41.3 Å². The largest absolute Gasteiger partial charge is 0.449 e. The van der Waals surface area contributed by atoms with Gasteiger partial charge in [-0.25, -0.2) is 9.59 Å². The van der Waals surface area contributed by atoms with Gasteiger partial charge in [-0.3, -0.25) is 20.0 Å². The Bertz CT molecular complexity index is 966. The average molecular weight is 434 g/mol. The lowest BCUT2D eigenvalue weighted by Crippen LogP contribution is -2.28. The number of benzene rings is 1. The van der Waals surface area contributed by atoms with Crippen molar-refractivity contribution in [2.24, 2.45) is 5.92 Å². The van der Waals surface area contributed by atoms with E-state index in [0.29, 0.717) is 12.8 Å². The highest BCUT2D eigenvalue weighted by Crippen LogP contribution is 2.32. The molecule has 3 atom stereocenters. The van der Waals surface area contributed by atoms with E-state index in [4.69, 9.17) is 9.47 Å². The molecule has 3 N–H and O–H groups in total. The number of carbonyl (C=O) groups is 1. The molecule has 12 heteroatoms. The maximum atomic E-state index is 12.3. The molecular weight excluding hydrogens is 412 g/mol. The summed E-state index contributed by atoms with van der Waals surface area (Å²) in [5.41, 5.74) is 0.0759. The summed E-state index contributed by atoms with van der Waals surface area (Å²) < 4.78 is 11.8. The van der Waals surface area contributed by atoms with E-state index >= 15 is 0 Å². The van der Waals surface area contributed by atoms with Crippen LogP contribution in [0.4, 0.5) is 16.3 Å². The Balaban J connectivity index is 1.51. The molecule has 1 aromatic carbocycles. The van der Waals surface area contributed by atoms with Crippen LogP contribution in [0.2, 0.25) is 0 Å². The van der Waals surface area contributed by atoms with Crippen molar-refractivity contribution in [1.29, 1.82) is 0 Å². The fraction of sp³-hybridized carbons (Fsp3) is 0.421. The summed E-state index contributed by atoms with van der Waals surface area (Å²) in [5.74, 6) is -0.289. The number of nitrogens with one attached hydrogen (secondary N) is 1. The minimum atomic E-state index is -0.802. The van der Waals surface area contributed by atoms with Gasteiger partial charge in [-0.1, -0.05) is 12.1 Å². The lowest BCUT2D eigenvalue weighted by molar-refractivity contribution is -0.384. The number of nitrogens with zero attached hydrogens (tertiary/aromatic N) is 3. The third kappa shape index (κ3) is 5.63. The smallest absolute Gasteiger partial charge is 0.412 e. The van der Waals surface area contributed by atoms with Crippen molar-refractivity contribution >= 4 is 17.6 Å². The molecule has 1 amide bonds. The summed E-state index contributed by atoms with van der Waals surface area (Å²) in [6.07, 6.45) is 0.0747. The van der Waals surface area contributed by atoms with Gasteiger partial charge < -0.3 is 19.7 Å². The fourth-order valence-electron chi connectivity index (χ4n) is 3.23. The van der Waals surface area contributed by atoms with Crippen LogP contribution in [-0.4, -0.2) is 56.7 Å². The molecule has 3 rings (SSSR count). The lowest BCUT2D eigenvalue weighted by Gasteiger charge is -2.15. The number of carbonyl (C=O) groups excluding carboxylic acids is 1. The van der Waals surface area contributed by atoms with E-state index in [1.807, 2.05) is 0 Å². The Morgan fingerprint density at radius 3 is 2.61 bits per heavy atom. The number of anilines is 1. The van der Waals surface area contributed by atoms with E-state index in [9.17, 15) is 29.9 Å². The van der Waals surface area contributed by atoms with Crippen LogP contribution in [0.5, 0.6) is 0 Å². The zero-order chi connectivity index (χ0) is 22.4. The summed E-state index contributed by atoms with van der Waals surface area (Å²) in [7, 11) is 0. The zero-order valence-corrected chi connectivity index (χ0v) is 16.4. The number of aromatic nitrogens is 2. The van der Waals surface area contributed by atoms with E-state index in [1.54, 1.807) is 12.1 Å². The summed E-state index contributed by atoms with van der Waals surface area (Å²) in [6, 6.07) is 7.30. The third-order valence-electron chi connectivity index (χ3n) is 4.92. The van der Waals surface area contributed by atoms with Crippen molar-refractivity contribution in [2.75, 3.05) is 25.1 Å². The number of nitro benzene ring substituents is 1. The van der Waals surface area contributed by atoms with Gasteiger partial charge in [0.25, 0.3) is 5.69 Å². The van der Waals surface area contributed by atoms with E-state index < -0.39 is 29.0 Å². The number of aliphatic hydroxyl groups excluding tert-OH is 2. The first-order chi connectivity index (χ1) is 14.9. The number of hydrogen-bond donors (Lipinski definition) is 3. The first kappa shape index (κ1) is 22.3. The van der Waals surface area contributed by atoms with Crippen molar-refractivity contribution in [3.8, 4) is 0 Å². The first-order valence-corrected chi connectivity index (χ1v) is 9.54. The second-order valence-electron chi connectivity index (χ2n) is 6.93. The molecule has 0 bridgehead atoms. The number of ether oxygens (including phenoxy) is 2. The Labute approximate surface area is 176 Å². The second-order valence-corrected chi connectivity index (χ2v) is 6.93. The van der Waals surface area contributed by atoms with Crippen LogP contribution in [0.1, 0.15) is 18.2 Å². The number of amides is 1. The standard InChI is InChI=1S/C19H22N4O8/c24-10-13-9-17(31-15(13)11-25)22-7-5-16(20-18(22)26)21-19(27)30-8-6-12-1-3-14(4-2-12)23(28)29/h1-5,7,13,15,17,24-25H,6,8-11H2,(H,20,21,26,27)/t13?,15-,17-/m1/s1. The number of non-ortho nitro benzene ring substituents is 1. The Morgan fingerprint density at radius 2 is 2.03 bits per heavy atom. The minimum absolute atomic E-state index is 0.00278. The van der Waals surface area contributed by atoms with Crippen LogP contribution in [-0.2, 0) is 15.9 Å². The van der Waals surface area contributed by atoms with Crippen molar-refractivity contribution in [2.45, 2.75) is 25.2 Å². The van der Waals surface area contributed by atoms with Crippen molar-refractivity contribution in [3.63, 3.8) is 0 Å². The average Bonchev–Trinajstić information content (AvgIpc) is 3.17. The highest BCUT2D eigenvalue weighted by atomic mass is 16.6. The van der Waals surface area contributed by atoms with Gasteiger partial charge in [-0.05, 0) is 11.6 Å². The normalized spacial score (nSPS) is 20.4. The van der Waals surface area contributed by atoms with Gasteiger partial charge in [0.1, 0.15) is 12.0 Å². The molecule has 1 aliphatic rings. The van der Waals surface area contributed by atoms with Crippen molar-refractivity contribution < 1.29 is 29.4 Å². The molecule has 31 heavy (non-hydrogen) atoms. The van der Waals surface area contributed by atoms with Gasteiger partial charge in [0.15, 0.2) is 0 Å². The lowest BCUT2D eigenvalue weighted by atomic mass is 10.0. The quantitative estimate of drug-likeness (QED) is 0.403. The molecule has 0 radical (unpaired) electrons.